The number of amidine groups is 1. The smallest absolute Gasteiger partial charge is 0.274 e. The number of amides is 1. The number of ether oxygens (including phenoxy) is 1. The fourth-order valence-corrected chi connectivity index (χ4v) is 3.16. The first kappa shape index (κ1) is 18.5. The van der Waals surface area contributed by atoms with Gasteiger partial charge in [0.1, 0.15) is 17.6 Å². The maximum Gasteiger partial charge on any atom is 0.274 e. The third kappa shape index (κ3) is 4.35. The minimum atomic E-state index is -0.713. The van der Waals surface area contributed by atoms with E-state index in [4.69, 9.17) is 10.5 Å². The Morgan fingerprint density at radius 2 is 1.59 bits per heavy atom. The zero-order valence-corrected chi connectivity index (χ0v) is 15.8. The van der Waals surface area contributed by atoms with E-state index in [1.165, 1.54) is 0 Å². The number of hydrogen-bond donors (Lipinski definition) is 2. The summed E-state index contributed by atoms with van der Waals surface area (Å²) in [6.07, 6.45) is 2.65. The van der Waals surface area contributed by atoms with Crippen LogP contribution in [0.2, 0.25) is 0 Å². The van der Waals surface area contributed by atoms with Gasteiger partial charge in [0.15, 0.2) is 5.88 Å². The van der Waals surface area contributed by atoms with Gasteiger partial charge >= 0.3 is 0 Å². The van der Waals surface area contributed by atoms with Gasteiger partial charge in [-0.15, -0.1) is 0 Å². The Hall–Kier alpha value is -3.86. The van der Waals surface area contributed by atoms with Gasteiger partial charge in [-0.3, -0.25) is 4.79 Å². The maximum absolute atomic E-state index is 13.0. The molecule has 0 fully saturated rings. The lowest BCUT2D eigenvalue weighted by molar-refractivity contribution is -0.119. The monoisotopic (exact) mass is 383 g/mol. The first-order valence-electron chi connectivity index (χ1n) is 9.41. The second-order valence-corrected chi connectivity index (χ2v) is 6.67. The van der Waals surface area contributed by atoms with Gasteiger partial charge in [0.05, 0.1) is 0 Å². The average Bonchev–Trinajstić information content (AvgIpc) is 2.78. The molecule has 0 bridgehead atoms. The molecular weight excluding hydrogens is 362 g/mol. The molecule has 144 valence electrons. The number of benzene rings is 3. The van der Waals surface area contributed by atoms with Crippen LogP contribution in [0.4, 0.5) is 0 Å². The quantitative estimate of drug-likeness (QED) is 0.520. The summed E-state index contributed by atoms with van der Waals surface area (Å²) in [5.41, 5.74) is 8.65. The zero-order chi connectivity index (χ0) is 20.1. The Bertz CT molecular complexity index is 1060. The van der Waals surface area contributed by atoms with Crippen molar-refractivity contribution in [2.45, 2.75) is 12.5 Å². The number of carbonyl (C=O) groups excluding carboxylic acids is 1. The van der Waals surface area contributed by atoms with Crippen molar-refractivity contribution in [1.29, 1.82) is 0 Å². The van der Waals surface area contributed by atoms with E-state index >= 15 is 0 Å². The second-order valence-electron chi connectivity index (χ2n) is 6.67. The molecule has 0 saturated carbocycles. The molecule has 4 rings (SSSR count). The van der Waals surface area contributed by atoms with Crippen molar-refractivity contribution in [3.63, 3.8) is 0 Å². The van der Waals surface area contributed by atoms with E-state index in [9.17, 15) is 4.79 Å². The zero-order valence-electron chi connectivity index (χ0n) is 15.8. The molecule has 3 aromatic rings. The first-order valence-corrected chi connectivity index (χ1v) is 9.41. The molecule has 3 N–H and O–H groups in total. The molecule has 29 heavy (non-hydrogen) atoms. The van der Waals surface area contributed by atoms with E-state index in [0.29, 0.717) is 11.4 Å². The van der Waals surface area contributed by atoms with Crippen LogP contribution in [-0.2, 0) is 11.2 Å². The Morgan fingerprint density at radius 3 is 2.34 bits per heavy atom. The summed E-state index contributed by atoms with van der Waals surface area (Å²) < 4.78 is 5.94. The number of aliphatic imine (C=N–C) groups is 1. The second kappa shape index (κ2) is 8.44. The Labute approximate surface area is 169 Å². The lowest BCUT2D eigenvalue weighted by Gasteiger charge is -2.23. The van der Waals surface area contributed by atoms with Gasteiger partial charge in [0.2, 0.25) is 0 Å². The van der Waals surface area contributed by atoms with Crippen LogP contribution in [0.3, 0.4) is 0 Å². The molecule has 5 nitrogen and oxygen atoms in total. The van der Waals surface area contributed by atoms with E-state index in [-0.39, 0.29) is 11.7 Å². The molecule has 5 heteroatoms. The Kier molecular flexibility index (Phi) is 5.38. The normalized spacial score (nSPS) is 14.2. The third-order valence-corrected chi connectivity index (χ3v) is 4.67. The van der Waals surface area contributed by atoms with E-state index in [0.717, 1.165) is 23.3 Å². The summed E-state index contributed by atoms with van der Waals surface area (Å²) in [5.74, 6) is 1.10. The molecule has 1 unspecified atom stereocenters. The average molecular weight is 383 g/mol. The molecule has 0 aromatic heterocycles. The van der Waals surface area contributed by atoms with Crippen molar-refractivity contribution in [3.05, 3.63) is 114 Å². The number of allylic oxidation sites excluding steroid dienone is 1. The molecule has 1 amide bonds. The van der Waals surface area contributed by atoms with Crippen LogP contribution >= 0.6 is 0 Å². The van der Waals surface area contributed by atoms with E-state index in [1.807, 2.05) is 91.0 Å². The fraction of sp³-hybridized carbons (Fsp3) is 0.0833. The van der Waals surface area contributed by atoms with Crippen LogP contribution in [0.25, 0.3) is 0 Å². The summed E-state index contributed by atoms with van der Waals surface area (Å²) in [6, 6.07) is 25.8. The number of fused-ring (bicyclic) bond motifs is 1. The highest BCUT2D eigenvalue weighted by Gasteiger charge is 2.23. The van der Waals surface area contributed by atoms with Crippen LogP contribution in [0.5, 0.6) is 5.75 Å². The molecule has 1 heterocycles. The lowest BCUT2D eigenvalue weighted by atomic mass is 10.1. The van der Waals surface area contributed by atoms with Crippen molar-refractivity contribution in [1.82, 2.24) is 5.32 Å². The largest absolute Gasteiger partial charge is 0.441 e. The molecule has 1 atom stereocenters. The predicted octanol–water partition coefficient (Wildman–Crippen LogP) is 3.73. The van der Waals surface area contributed by atoms with Crippen LogP contribution in [0.15, 0.2) is 102 Å². The van der Waals surface area contributed by atoms with Crippen molar-refractivity contribution >= 4 is 11.7 Å². The van der Waals surface area contributed by atoms with Gasteiger partial charge < -0.3 is 15.8 Å². The van der Waals surface area contributed by atoms with Crippen molar-refractivity contribution in [2.24, 2.45) is 10.7 Å². The highest BCUT2D eigenvalue weighted by molar-refractivity contribution is 6.05. The van der Waals surface area contributed by atoms with Crippen LogP contribution < -0.4 is 15.8 Å². The maximum atomic E-state index is 13.0. The Balaban J connectivity index is 1.59. The van der Waals surface area contributed by atoms with Gasteiger partial charge in [0, 0.05) is 5.56 Å². The van der Waals surface area contributed by atoms with Gasteiger partial charge in [-0.25, -0.2) is 0 Å². The minimum absolute atomic E-state index is 0.183. The predicted molar refractivity (Wildman–Crippen MR) is 113 cm³/mol. The van der Waals surface area contributed by atoms with E-state index in [2.05, 4.69) is 10.3 Å². The highest BCUT2D eigenvalue weighted by Crippen LogP contribution is 2.26. The SMILES string of the molecule is NC(=NC(=O)C(NC1=CCc2ccccc2O1)c1ccccc1)c1ccccc1. The van der Waals surface area contributed by atoms with Gasteiger partial charge in [0.25, 0.3) is 5.91 Å². The van der Waals surface area contributed by atoms with Crippen LogP contribution in [-0.4, -0.2) is 11.7 Å². The van der Waals surface area contributed by atoms with Crippen molar-refractivity contribution < 1.29 is 9.53 Å². The lowest BCUT2D eigenvalue weighted by Crippen LogP contribution is -2.31. The summed E-state index contributed by atoms with van der Waals surface area (Å²) in [5, 5.41) is 3.20. The molecule has 0 aliphatic carbocycles. The van der Waals surface area contributed by atoms with Gasteiger partial charge in [-0.2, -0.15) is 4.99 Å². The molecule has 0 radical (unpaired) electrons. The summed E-state index contributed by atoms with van der Waals surface area (Å²) in [6.45, 7) is 0. The molecule has 1 aliphatic rings. The van der Waals surface area contributed by atoms with E-state index < -0.39 is 6.04 Å². The number of rotatable bonds is 5. The van der Waals surface area contributed by atoms with E-state index in [1.54, 1.807) is 0 Å². The van der Waals surface area contributed by atoms with Crippen LogP contribution in [0.1, 0.15) is 22.7 Å². The Morgan fingerprint density at radius 1 is 0.931 bits per heavy atom. The number of nitrogens with one attached hydrogen (secondary N) is 1. The highest BCUT2D eigenvalue weighted by atomic mass is 16.5. The summed E-state index contributed by atoms with van der Waals surface area (Å²) in [7, 11) is 0. The molecular formula is C24H21N3O2. The number of nitrogens with two attached hydrogens (primary N) is 1. The van der Waals surface area contributed by atoms with Gasteiger partial charge in [-0.1, -0.05) is 78.9 Å². The van der Waals surface area contributed by atoms with Crippen molar-refractivity contribution in [3.8, 4) is 5.75 Å². The number of para-hydroxylation sites is 1. The summed E-state index contributed by atoms with van der Waals surface area (Å²) >= 11 is 0. The number of hydrogen-bond acceptors (Lipinski definition) is 3. The fourth-order valence-electron chi connectivity index (χ4n) is 3.16. The topological polar surface area (TPSA) is 76.7 Å². The van der Waals surface area contributed by atoms with Crippen molar-refractivity contribution in [2.75, 3.05) is 0 Å². The summed E-state index contributed by atoms with van der Waals surface area (Å²) in [4.78, 5) is 17.2. The minimum Gasteiger partial charge on any atom is -0.441 e. The standard InChI is InChI=1S/C24H21N3O2/c25-23(19-12-5-2-6-13-19)27-24(28)22(18-10-3-1-4-11-18)26-21-16-15-17-9-7-8-14-20(17)29-21/h1-14,16,22,26H,15H2,(H2,25,27,28). The number of carbonyl (C=O) groups is 1. The van der Waals surface area contributed by atoms with Crippen LogP contribution in [0, 0.1) is 0 Å². The number of nitrogens with zero attached hydrogens (tertiary/aromatic N) is 1. The molecule has 0 spiro atoms. The molecule has 0 saturated heterocycles. The van der Waals surface area contributed by atoms with Gasteiger partial charge in [-0.05, 0) is 29.7 Å². The molecule has 3 aromatic carbocycles. The molecule has 1 aliphatic heterocycles. The first-order chi connectivity index (χ1) is 14.2. The third-order valence-electron chi connectivity index (χ3n) is 4.67.